The molecule has 0 saturated carbocycles. The Bertz CT molecular complexity index is 512. The first-order chi connectivity index (χ1) is 9.30. The van der Waals surface area contributed by atoms with E-state index in [4.69, 9.17) is 10.5 Å². The zero-order valence-corrected chi connectivity index (χ0v) is 12.2. The molecule has 2 amide bonds. The van der Waals surface area contributed by atoms with Gasteiger partial charge in [0.2, 0.25) is 11.8 Å². The van der Waals surface area contributed by atoms with Crippen LogP contribution in [0.2, 0.25) is 0 Å². The number of ether oxygens (including phenoxy) is 1. The number of rotatable bonds is 5. The summed E-state index contributed by atoms with van der Waals surface area (Å²) in [7, 11) is 1.49. The highest BCUT2D eigenvalue weighted by Crippen LogP contribution is 2.28. The highest BCUT2D eigenvalue weighted by Gasteiger charge is 2.26. The van der Waals surface area contributed by atoms with Crippen molar-refractivity contribution in [2.75, 3.05) is 17.7 Å². The fourth-order valence-electron chi connectivity index (χ4n) is 1.50. The van der Waals surface area contributed by atoms with Crippen molar-refractivity contribution in [3.63, 3.8) is 0 Å². The van der Waals surface area contributed by atoms with Crippen LogP contribution in [0.1, 0.15) is 27.2 Å². The lowest BCUT2D eigenvalue weighted by molar-refractivity contribution is -0.120. The minimum atomic E-state index is -0.927. The van der Waals surface area contributed by atoms with Crippen molar-refractivity contribution >= 4 is 23.2 Å². The second-order valence-electron chi connectivity index (χ2n) is 4.82. The number of amides is 2. The standard InChI is InChI=1S/C14H21N3O3/c1-5-14(3,15)13(19)17-10-6-7-11(16-9(2)18)12(8-10)20-4/h6-8H,5,15H2,1-4H3,(H,16,18)(H,17,19). The number of carbonyl (C=O) groups is 2. The number of hydrogen-bond donors (Lipinski definition) is 3. The third kappa shape index (κ3) is 3.96. The van der Waals surface area contributed by atoms with Gasteiger partial charge in [-0.25, -0.2) is 0 Å². The normalized spacial score (nSPS) is 13.2. The van der Waals surface area contributed by atoms with Crippen LogP contribution < -0.4 is 21.1 Å². The Hall–Kier alpha value is -2.08. The minimum Gasteiger partial charge on any atom is -0.494 e. The maximum absolute atomic E-state index is 12.0. The van der Waals surface area contributed by atoms with E-state index in [1.807, 2.05) is 6.92 Å². The summed E-state index contributed by atoms with van der Waals surface area (Å²) in [4.78, 5) is 23.0. The lowest BCUT2D eigenvalue weighted by Crippen LogP contribution is -2.47. The Kier molecular flexibility index (Phi) is 5.10. The van der Waals surface area contributed by atoms with Crippen LogP contribution in [0.4, 0.5) is 11.4 Å². The van der Waals surface area contributed by atoms with E-state index in [1.54, 1.807) is 25.1 Å². The van der Waals surface area contributed by atoms with E-state index in [0.29, 0.717) is 23.5 Å². The van der Waals surface area contributed by atoms with E-state index in [9.17, 15) is 9.59 Å². The number of carbonyl (C=O) groups excluding carboxylic acids is 2. The van der Waals surface area contributed by atoms with Crippen molar-refractivity contribution in [3.05, 3.63) is 18.2 Å². The second-order valence-corrected chi connectivity index (χ2v) is 4.82. The molecule has 1 aromatic carbocycles. The predicted octanol–water partition coefficient (Wildman–Crippen LogP) is 1.72. The van der Waals surface area contributed by atoms with Crippen LogP contribution in [0.5, 0.6) is 5.75 Å². The van der Waals surface area contributed by atoms with Gasteiger partial charge in [-0.1, -0.05) is 6.92 Å². The van der Waals surface area contributed by atoms with E-state index in [2.05, 4.69) is 10.6 Å². The smallest absolute Gasteiger partial charge is 0.244 e. The largest absolute Gasteiger partial charge is 0.494 e. The zero-order valence-electron chi connectivity index (χ0n) is 12.2. The molecule has 1 rings (SSSR count). The molecule has 0 spiro atoms. The molecular weight excluding hydrogens is 258 g/mol. The van der Waals surface area contributed by atoms with Crippen LogP contribution in [-0.2, 0) is 9.59 Å². The summed E-state index contributed by atoms with van der Waals surface area (Å²) < 4.78 is 5.18. The van der Waals surface area contributed by atoms with E-state index >= 15 is 0 Å². The fourth-order valence-corrected chi connectivity index (χ4v) is 1.50. The van der Waals surface area contributed by atoms with Gasteiger partial charge in [0.05, 0.1) is 18.3 Å². The predicted molar refractivity (Wildman–Crippen MR) is 78.8 cm³/mol. The average molecular weight is 279 g/mol. The summed E-state index contributed by atoms with van der Waals surface area (Å²) in [6.07, 6.45) is 0.528. The molecule has 20 heavy (non-hydrogen) atoms. The molecule has 0 aliphatic rings. The fraction of sp³-hybridized carbons (Fsp3) is 0.429. The van der Waals surface area contributed by atoms with Gasteiger partial charge in [-0.3, -0.25) is 9.59 Å². The highest BCUT2D eigenvalue weighted by molar-refractivity contribution is 5.98. The quantitative estimate of drug-likeness (QED) is 0.765. The molecule has 0 fully saturated rings. The van der Waals surface area contributed by atoms with Crippen molar-refractivity contribution in [1.82, 2.24) is 0 Å². The molecule has 1 unspecified atom stereocenters. The van der Waals surface area contributed by atoms with Gasteiger partial charge < -0.3 is 21.1 Å². The topological polar surface area (TPSA) is 93.5 Å². The first-order valence-electron chi connectivity index (χ1n) is 6.36. The van der Waals surface area contributed by atoms with Crippen LogP contribution in [0.25, 0.3) is 0 Å². The molecule has 110 valence electrons. The Morgan fingerprint density at radius 3 is 2.50 bits per heavy atom. The zero-order chi connectivity index (χ0) is 15.3. The van der Waals surface area contributed by atoms with Crippen molar-refractivity contribution in [2.24, 2.45) is 5.73 Å². The molecule has 1 atom stereocenters. The van der Waals surface area contributed by atoms with Gasteiger partial charge >= 0.3 is 0 Å². The third-order valence-electron chi connectivity index (χ3n) is 3.02. The Morgan fingerprint density at radius 1 is 1.35 bits per heavy atom. The Balaban J connectivity index is 2.93. The summed E-state index contributed by atoms with van der Waals surface area (Å²) >= 11 is 0. The number of methoxy groups -OCH3 is 1. The first kappa shape index (κ1) is 16.0. The third-order valence-corrected chi connectivity index (χ3v) is 3.02. The number of nitrogens with one attached hydrogen (secondary N) is 2. The summed E-state index contributed by atoms with van der Waals surface area (Å²) in [5.41, 5.74) is 6.05. The molecule has 0 aromatic heterocycles. The summed E-state index contributed by atoms with van der Waals surface area (Å²) in [6, 6.07) is 4.97. The maximum Gasteiger partial charge on any atom is 0.244 e. The van der Waals surface area contributed by atoms with Crippen molar-refractivity contribution < 1.29 is 14.3 Å². The summed E-state index contributed by atoms with van der Waals surface area (Å²) in [5.74, 6) is 0.00292. The van der Waals surface area contributed by atoms with Crippen LogP contribution in [-0.4, -0.2) is 24.5 Å². The van der Waals surface area contributed by atoms with Crippen LogP contribution in [0.3, 0.4) is 0 Å². The molecular formula is C14H21N3O3. The van der Waals surface area contributed by atoms with Gasteiger partial charge in [0.15, 0.2) is 0 Å². The molecule has 6 heteroatoms. The molecule has 6 nitrogen and oxygen atoms in total. The Morgan fingerprint density at radius 2 is 2.00 bits per heavy atom. The van der Waals surface area contributed by atoms with Gasteiger partial charge in [0, 0.05) is 18.7 Å². The number of anilines is 2. The van der Waals surface area contributed by atoms with Crippen LogP contribution in [0, 0.1) is 0 Å². The van der Waals surface area contributed by atoms with Gasteiger partial charge in [-0.15, -0.1) is 0 Å². The molecule has 0 aliphatic heterocycles. The van der Waals surface area contributed by atoms with Crippen LogP contribution in [0.15, 0.2) is 18.2 Å². The average Bonchev–Trinajstić information content (AvgIpc) is 2.39. The number of hydrogen-bond acceptors (Lipinski definition) is 4. The van der Waals surface area contributed by atoms with Crippen molar-refractivity contribution in [3.8, 4) is 5.75 Å². The number of nitrogens with two attached hydrogens (primary N) is 1. The number of benzene rings is 1. The van der Waals surface area contributed by atoms with E-state index < -0.39 is 5.54 Å². The summed E-state index contributed by atoms with van der Waals surface area (Å²) in [5, 5.41) is 5.38. The van der Waals surface area contributed by atoms with Gasteiger partial charge in [-0.2, -0.15) is 0 Å². The van der Waals surface area contributed by atoms with E-state index in [1.165, 1.54) is 14.0 Å². The van der Waals surface area contributed by atoms with Gasteiger partial charge in [0.25, 0.3) is 0 Å². The first-order valence-corrected chi connectivity index (χ1v) is 6.36. The highest BCUT2D eigenvalue weighted by atomic mass is 16.5. The Labute approximate surface area is 118 Å². The SMILES string of the molecule is CCC(C)(N)C(=O)Nc1ccc(NC(C)=O)c(OC)c1. The minimum absolute atomic E-state index is 0.194. The summed E-state index contributed by atoms with van der Waals surface area (Å²) in [6.45, 7) is 4.93. The van der Waals surface area contributed by atoms with Crippen molar-refractivity contribution in [1.29, 1.82) is 0 Å². The maximum atomic E-state index is 12.0. The van der Waals surface area contributed by atoms with E-state index in [-0.39, 0.29) is 11.8 Å². The van der Waals surface area contributed by atoms with Gasteiger partial charge in [0.1, 0.15) is 5.75 Å². The van der Waals surface area contributed by atoms with E-state index in [0.717, 1.165) is 0 Å². The molecule has 0 aliphatic carbocycles. The van der Waals surface area contributed by atoms with Gasteiger partial charge in [-0.05, 0) is 25.5 Å². The lowest BCUT2D eigenvalue weighted by Gasteiger charge is -2.22. The second kappa shape index (κ2) is 6.38. The van der Waals surface area contributed by atoms with Crippen molar-refractivity contribution in [2.45, 2.75) is 32.7 Å². The molecule has 0 radical (unpaired) electrons. The molecule has 0 heterocycles. The monoisotopic (exact) mass is 279 g/mol. The molecule has 4 N–H and O–H groups in total. The lowest BCUT2D eigenvalue weighted by atomic mass is 9.99. The molecule has 0 bridgehead atoms. The molecule has 0 saturated heterocycles. The van der Waals surface area contributed by atoms with Crippen LogP contribution >= 0.6 is 0 Å². The molecule has 1 aromatic rings.